The molecule has 0 spiro atoms. The highest BCUT2D eigenvalue weighted by molar-refractivity contribution is 5.43. The topological polar surface area (TPSA) is 49.7 Å². The quantitative estimate of drug-likeness (QED) is 0.737. The van der Waals surface area contributed by atoms with Gasteiger partial charge in [-0.25, -0.2) is 4.39 Å². The number of aromatic hydroxyl groups is 1. The molecule has 0 aliphatic heterocycles. The fourth-order valence-electron chi connectivity index (χ4n) is 1.04. The minimum absolute atomic E-state index is 0.0540. The van der Waals surface area contributed by atoms with Crippen LogP contribution in [0.2, 0.25) is 0 Å². The van der Waals surface area contributed by atoms with Gasteiger partial charge in [0.1, 0.15) is 5.82 Å². The van der Waals surface area contributed by atoms with Crippen LogP contribution in [0, 0.1) is 5.82 Å². The standard InChI is InChI=1S/C9H11FO3/c1-5(11)6-3-8(12)9(13-2)4-7(6)10/h3-5,11-12H,1-2H3. The number of hydrogen-bond acceptors (Lipinski definition) is 3. The number of phenols is 1. The number of methoxy groups -OCH3 is 1. The Balaban J connectivity index is 3.20. The lowest BCUT2D eigenvalue weighted by Gasteiger charge is -2.09. The second-order valence-corrected chi connectivity index (χ2v) is 2.72. The third kappa shape index (κ3) is 1.89. The van der Waals surface area contributed by atoms with Crippen LogP contribution in [0.25, 0.3) is 0 Å². The van der Waals surface area contributed by atoms with E-state index >= 15 is 0 Å². The van der Waals surface area contributed by atoms with Crippen molar-refractivity contribution < 1.29 is 19.3 Å². The molecule has 13 heavy (non-hydrogen) atoms. The first-order valence-corrected chi connectivity index (χ1v) is 3.80. The summed E-state index contributed by atoms with van der Waals surface area (Å²) < 4.78 is 17.8. The molecule has 0 saturated heterocycles. The minimum atomic E-state index is -0.947. The van der Waals surface area contributed by atoms with Gasteiger partial charge in [0.05, 0.1) is 13.2 Å². The van der Waals surface area contributed by atoms with Crippen LogP contribution in [0.3, 0.4) is 0 Å². The minimum Gasteiger partial charge on any atom is -0.504 e. The van der Waals surface area contributed by atoms with E-state index in [4.69, 9.17) is 5.11 Å². The van der Waals surface area contributed by atoms with Gasteiger partial charge in [-0.3, -0.25) is 0 Å². The largest absolute Gasteiger partial charge is 0.504 e. The molecular formula is C9H11FO3. The summed E-state index contributed by atoms with van der Waals surface area (Å²) in [5.41, 5.74) is 0.0540. The van der Waals surface area contributed by atoms with E-state index in [0.29, 0.717) is 0 Å². The van der Waals surface area contributed by atoms with Crippen LogP contribution >= 0.6 is 0 Å². The number of aliphatic hydroxyl groups is 1. The van der Waals surface area contributed by atoms with Crippen LogP contribution in [0.5, 0.6) is 11.5 Å². The van der Waals surface area contributed by atoms with Crippen molar-refractivity contribution in [2.75, 3.05) is 7.11 Å². The van der Waals surface area contributed by atoms with Crippen molar-refractivity contribution in [1.82, 2.24) is 0 Å². The molecule has 0 saturated carbocycles. The van der Waals surface area contributed by atoms with Crippen LogP contribution < -0.4 is 4.74 Å². The van der Waals surface area contributed by atoms with Gasteiger partial charge in [0.15, 0.2) is 11.5 Å². The summed E-state index contributed by atoms with van der Waals surface area (Å²) in [4.78, 5) is 0. The first-order valence-electron chi connectivity index (χ1n) is 3.80. The first kappa shape index (κ1) is 9.80. The molecule has 4 heteroatoms. The van der Waals surface area contributed by atoms with E-state index in [-0.39, 0.29) is 17.1 Å². The normalized spacial score (nSPS) is 12.6. The lowest BCUT2D eigenvalue weighted by molar-refractivity contribution is 0.193. The number of aliphatic hydroxyl groups excluding tert-OH is 1. The molecule has 0 heterocycles. The molecule has 1 aromatic carbocycles. The van der Waals surface area contributed by atoms with E-state index in [1.165, 1.54) is 14.0 Å². The number of halogens is 1. The van der Waals surface area contributed by atoms with Crippen LogP contribution in [-0.2, 0) is 0 Å². The predicted molar refractivity (Wildman–Crippen MR) is 45.3 cm³/mol. The summed E-state index contributed by atoms with van der Waals surface area (Å²) in [6.07, 6.45) is -0.947. The zero-order chi connectivity index (χ0) is 10.0. The summed E-state index contributed by atoms with van der Waals surface area (Å²) >= 11 is 0. The van der Waals surface area contributed by atoms with Crippen LogP contribution in [0.1, 0.15) is 18.6 Å². The van der Waals surface area contributed by atoms with E-state index in [0.717, 1.165) is 12.1 Å². The highest BCUT2D eigenvalue weighted by Gasteiger charge is 2.12. The van der Waals surface area contributed by atoms with E-state index in [9.17, 15) is 9.50 Å². The van der Waals surface area contributed by atoms with Gasteiger partial charge in [0, 0.05) is 11.6 Å². The maximum Gasteiger partial charge on any atom is 0.163 e. The predicted octanol–water partition coefficient (Wildman–Crippen LogP) is 1.59. The Bertz CT molecular complexity index is 310. The lowest BCUT2D eigenvalue weighted by Crippen LogP contribution is -1.96. The summed E-state index contributed by atoms with van der Waals surface area (Å²) in [5, 5.41) is 18.4. The molecule has 1 unspecified atom stereocenters. The van der Waals surface area contributed by atoms with E-state index in [2.05, 4.69) is 4.74 Å². The Morgan fingerprint density at radius 1 is 1.46 bits per heavy atom. The Morgan fingerprint density at radius 3 is 2.54 bits per heavy atom. The molecule has 1 atom stereocenters. The Kier molecular flexibility index (Phi) is 2.72. The van der Waals surface area contributed by atoms with E-state index in [1.54, 1.807) is 0 Å². The molecule has 0 amide bonds. The van der Waals surface area contributed by atoms with E-state index < -0.39 is 11.9 Å². The third-order valence-electron chi connectivity index (χ3n) is 1.75. The van der Waals surface area contributed by atoms with Crippen molar-refractivity contribution >= 4 is 0 Å². The van der Waals surface area contributed by atoms with Crippen LogP contribution in [0.4, 0.5) is 4.39 Å². The SMILES string of the molecule is COc1cc(F)c(C(C)O)cc1O. The zero-order valence-electron chi connectivity index (χ0n) is 7.41. The van der Waals surface area contributed by atoms with Gasteiger partial charge in [-0.15, -0.1) is 0 Å². The first-order chi connectivity index (χ1) is 6.06. The van der Waals surface area contributed by atoms with Gasteiger partial charge < -0.3 is 14.9 Å². The molecule has 0 aromatic heterocycles. The Hall–Kier alpha value is -1.29. The molecule has 0 aliphatic rings. The second-order valence-electron chi connectivity index (χ2n) is 2.72. The van der Waals surface area contributed by atoms with Crippen LogP contribution in [0.15, 0.2) is 12.1 Å². The average Bonchev–Trinajstić information content (AvgIpc) is 2.07. The molecular weight excluding hydrogens is 175 g/mol. The van der Waals surface area contributed by atoms with Gasteiger partial charge in [-0.2, -0.15) is 0 Å². The molecule has 0 bridgehead atoms. The summed E-state index contributed by atoms with van der Waals surface area (Å²) in [6.45, 7) is 1.42. The van der Waals surface area contributed by atoms with E-state index in [1.807, 2.05) is 0 Å². The molecule has 3 nitrogen and oxygen atoms in total. The number of benzene rings is 1. The molecule has 0 radical (unpaired) electrons. The molecule has 1 aromatic rings. The maximum absolute atomic E-state index is 13.1. The zero-order valence-corrected chi connectivity index (χ0v) is 7.41. The number of ether oxygens (including phenoxy) is 1. The third-order valence-corrected chi connectivity index (χ3v) is 1.75. The van der Waals surface area contributed by atoms with Crippen LogP contribution in [-0.4, -0.2) is 17.3 Å². The van der Waals surface area contributed by atoms with Gasteiger partial charge in [0.25, 0.3) is 0 Å². The van der Waals surface area contributed by atoms with Gasteiger partial charge in [0.2, 0.25) is 0 Å². The van der Waals surface area contributed by atoms with Crippen molar-refractivity contribution in [3.8, 4) is 11.5 Å². The fourth-order valence-corrected chi connectivity index (χ4v) is 1.04. The van der Waals surface area contributed by atoms with Crippen molar-refractivity contribution in [2.24, 2.45) is 0 Å². The maximum atomic E-state index is 13.1. The number of hydrogen-bond donors (Lipinski definition) is 2. The monoisotopic (exact) mass is 186 g/mol. The highest BCUT2D eigenvalue weighted by Crippen LogP contribution is 2.31. The Labute approximate surface area is 75.4 Å². The summed E-state index contributed by atoms with van der Waals surface area (Å²) in [5.74, 6) is -0.716. The molecule has 72 valence electrons. The molecule has 2 N–H and O–H groups in total. The fraction of sp³-hybridized carbons (Fsp3) is 0.333. The number of rotatable bonds is 2. The van der Waals surface area contributed by atoms with Gasteiger partial charge in [-0.1, -0.05) is 0 Å². The Morgan fingerprint density at radius 2 is 2.08 bits per heavy atom. The van der Waals surface area contributed by atoms with Crippen molar-refractivity contribution in [3.63, 3.8) is 0 Å². The van der Waals surface area contributed by atoms with Crippen molar-refractivity contribution in [1.29, 1.82) is 0 Å². The van der Waals surface area contributed by atoms with Gasteiger partial charge in [-0.05, 0) is 13.0 Å². The molecule has 1 rings (SSSR count). The second kappa shape index (κ2) is 3.62. The smallest absolute Gasteiger partial charge is 0.163 e. The average molecular weight is 186 g/mol. The lowest BCUT2D eigenvalue weighted by atomic mass is 10.1. The molecule has 0 fully saturated rings. The highest BCUT2D eigenvalue weighted by atomic mass is 19.1. The van der Waals surface area contributed by atoms with Gasteiger partial charge >= 0.3 is 0 Å². The van der Waals surface area contributed by atoms with Crippen molar-refractivity contribution in [3.05, 3.63) is 23.5 Å². The number of phenolic OH excluding ortho intramolecular Hbond substituents is 1. The summed E-state index contributed by atoms with van der Waals surface area (Å²) in [6, 6.07) is 2.19. The van der Waals surface area contributed by atoms with Crippen molar-refractivity contribution in [2.45, 2.75) is 13.0 Å². The molecule has 0 aliphatic carbocycles. The summed E-state index contributed by atoms with van der Waals surface area (Å²) in [7, 11) is 1.33.